The summed E-state index contributed by atoms with van der Waals surface area (Å²) in [6, 6.07) is 0.684. The molecule has 0 aromatic rings. The summed E-state index contributed by atoms with van der Waals surface area (Å²) in [6.07, 6.45) is 1.12. The molecule has 0 radical (unpaired) electrons. The van der Waals surface area contributed by atoms with Crippen LogP contribution in [0.5, 0.6) is 0 Å². The summed E-state index contributed by atoms with van der Waals surface area (Å²) in [7, 11) is 0. The normalized spacial score (nSPS) is 23.6. The summed E-state index contributed by atoms with van der Waals surface area (Å²) in [4.78, 5) is 2.57. The van der Waals surface area contributed by atoms with Crippen molar-refractivity contribution in [2.24, 2.45) is 5.92 Å². The van der Waals surface area contributed by atoms with Crippen LogP contribution in [0.2, 0.25) is 0 Å². The van der Waals surface area contributed by atoms with E-state index in [1.54, 1.807) is 0 Å². The predicted molar refractivity (Wildman–Crippen MR) is 64.2 cm³/mol. The van der Waals surface area contributed by atoms with Crippen molar-refractivity contribution in [2.45, 2.75) is 33.2 Å². The predicted octanol–water partition coefficient (Wildman–Crippen LogP) is 1.34. The Bertz CT molecular complexity index is 162. The molecule has 0 aromatic heterocycles. The third kappa shape index (κ3) is 4.49. The van der Waals surface area contributed by atoms with E-state index in [9.17, 15) is 0 Å². The quantitative estimate of drug-likeness (QED) is 0.675. The fourth-order valence-electron chi connectivity index (χ4n) is 2.13. The SMILES string of the molecule is CCCOCCN1CCNCC1C(C)C. The second-order valence-electron chi connectivity index (χ2n) is 4.66. The lowest BCUT2D eigenvalue weighted by Crippen LogP contribution is -2.54. The molecule has 0 spiro atoms. The molecule has 1 saturated heterocycles. The van der Waals surface area contributed by atoms with Crippen molar-refractivity contribution in [1.29, 1.82) is 0 Å². The van der Waals surface area contributed by atoms with Crippen LogP contribution in [0.25, 0.3) is 0 Å². The van der Waals surface area contributed by atoms with Gasteiger partial charge in [-0.25, -0.2) is 0 Å². The highest BCUT2D eigenvalue weighted by Crippen LogP contribution is 2.12. The zero-order valence-electron chi connectivity index (χ0n) is 10.5. The van der Waals surface area contributed by atoms with E-state index in [4.69, 9.17) is 4.74 Å². The van der Waals surface area contributed by atoms with Crippen LogP contribution in [0.4, 0.5) is 0 Å². The number of hydrogen-bond donors (Lipinski definition) is 1. The number of hydrogen-bond acceptors (Lipinski definition) is 3. The molecule has 1 fully saturated rings. The smallest absolute Gasteiger partial charge is 0.0593 e. The molecule has 1 heterocycles. The summed E-state index contributed by atoms with van der Waals surface area (Å²) < 4.78 is 5.55. The van der Waals surface area contributed by atoms with Crippen LogP contribution in [0.3, 0.4) is 0 Å². The van der Waals surface area contributed by atoms with Gasteiger partial charge in [-0.3, -0.25) is 4.90 Å². The van der Waals surface area contributed by atoms with E-state index in [0.29, 0.717) is 6.04 Å². The monoisotopic (exact) mass is 214 g/mol. The van der Waals surface area contributed by atoms with Crippen LogP contribution in [-0.2, 0) is 4.74 Å². The maximum absolute atomic E-state index is 5.55. The molecular formula is C12H26N2O. The lowest BCUT2D eigenvalue weighted by Gasteiger charge is -2.38. The molecule has 1 atom stereocenters. The molecule has 1 aliphatic rings. The van der Waals surface area contributed by atoms with E-state index in [0.717, 1.165) is 45.2 Å². The number of ether oxygens (including phenoxy) is 1. The molecule has 3 heteroatoms. The molecule has 1 unspecified atom stereocenters. The van der Waals surface area contributed by atoms with Crippen molar-refractivity contribution in [3.05, 3.63) is 0 Å². The Hall–Kier alpha value is -0.120. The molecular weight excluding hydrogens is 188 g/mol. The average molecular weight is 214 g/mol. The lowest BCUT2D eigenvalue weighted by atomic mass is 10.0. The third-order valence-corrected chi connectivity index (χ3v) is 3.04. The minimum atomic E-state index is 0.684. The van der Waals surface area contributed by atoms with Crippen LogP contribution in [-0.4, -0.2) is 50.3 Å². The van der Waals surface area contributed by atoms with Gasteiger partial charge in [-0.15, -0.1) is 0 Å². The zero-order chi connectivity index (χ0) is 11.1. The number of piperazine rings is 1. The summed E-state index contributed by atoms with van der Waals surface area (Å²) in [5.41, 5.74) is 0. The molecule has 1 rings (SSSR count). The third-order valence-electron chi connectivity index (χ3n) is 3.04. The van der Waals surface area contributed by atoms with Gasteiger partial charge in [0.15, 0.2) is 0 Å². The van der Waals surface area contributed by atoms with E-state index in [1.165, 1.54) is 6.54 Å². The number of rotatable bonds is 6. The number of nitrogens with one attached hydrogen (secondary N) is 1. The van der Waals surface area contributed by atoms with Gasteiger partial charge in [0.25, 0.3) is 0 Å². The molecule has 0 bridgehead atoms. The molecule has 15 heavy (non-hydrogen) atoms. The van der Waals surface area contributed by atoms with Gasteiger partial charge < -0.3 is 10.1 Å². The van der Waals surface area contributed by atoms with Crippen LogP contribution < -0.4 is 5.32 Å². The summed E-state index contributed by atoms with van der Waals surface area (Å²) >= 11 is 0. The summed E-state index contributed by atoms with van der Waals surface area (Å²) in [6.45, 7) is 13.1. The van der Waals surface area contributed by atoms with Crippen molar-refractivity contribution in [2.75, 3.05) is 39.4 Å². The van der Waals surface area contributed by atoms with E-state index in [2.05, 4.69) is 31.0 Å². The Morgan fingerprint density at radius 2 is 2.20 bits per heavy atom. The molecule has 1 aliphatic heterocycles. The molecule has 90 valence electrons. The lowest BCUT2D eigenvalue weighted by molar-refractivity contribution is 0.0633. The molecule has 0 aromatic carbocycles. The van der Waals surface area contributed by atoms with Gasteiger partial charge in [-0.1, -0.05) is 20.8 Å². The maximum Gasteiger partial charge on any atom is 0.0593 e. The fourth-order valence-corrected chi connectivity index (χ4v) is 2.13. The van der Waals surface area contributed by atoms with Gasteiger partial charge in [-0.05, 0) is 12.3 Å². The van der Waals surface area contributed by atoms with Crippen LogP contribution >= 0.6 is 0 Å². The highest BCUT2D eigenvalue weighted by molar-refractivity contribution is 4.81. The Labute approximate surface area is 94.2 Å². The Morgan fingerprint density at radius 3 is 2.87 bits per heavy atom. The maximum atomic E-state index is 5.55. The standard InChI is InChI=1S/C12H26N2O/c1-4-8-15-9-7-14-6-5-13-10-12(14)11(2)3/h11-13H,4-10H2,1-3H3. The second-order valence-corrected chi connectivity index (χ2v) is 4.66. The van der Waals surface area contributed by atoms with Gasteiger partial charge in [0, 0.05) is 38.8 Å². The largest absolute Gasteiger partial charge is 0.380 e. The van der Waals surface area contributed by atoms with Crippen molar-refractivity contribution in [3.63, 3.8) is 0 Å². The molecule has 0 saturated carbocycles. The fraction of sp³-hybridized carbons (Fsp3) is 1.00. The Balaban J connectivity index is 2.23. The first-order valence-corrected chi connectivity index (χ1v) is 6.28. The van der Waals surface area contributed by atoms with Crippen molar-refractivity contribution in [3.8, 4) is 0 Å². The minimum Gasteiger partial charge on any atom is -0.380 e. The van der Waals surface area contributed by atoms with Gasteiger partial charge in [0.1, 0.15) is 0 Å². The molecule has 1 N–H and O–H groups in total. The zero-order valence-corrected chi connectivity index (χ0v) is 10.5. The van der Waals surface area contributed by atoms with Gasteiger partial charge in [0.05, 0.1) is 6.61 Å². The summed E-state index contributed by atoms with van der Waals surface area (Å²) in [5.74, 6) is 0.726. The minimum absolute atomic E-state index is 0.684. The Kier molecular flexibility index (Phi) is 6.22. The van der Waals surface area contributed by atoms with Gasteiger partial charge >= 0.3 is 0 Å². The molecule has 0 amide bonds. The van der Waals surface area contributed by atoms with Crippen LogP contribution in [0.15, 0.2) is 0 Å². The van der Waals surface area contributed by atoms with E-state index >= 15 is 0 Å². The molecule has 0 aliphatic carbocycles. The van der Waals surface area contributed by atoms with Crippen molar-refractivity contribution in [1.82, 2.24) is 10.2 Å². The summed E-state index contributed by atoms with van der Waals surface area (Å²) in [5, 5.41) is 3.47. The highest BCUT2D eigenvalue weighted by Gasteiger charge is 2.23. The first-order valence-electron chi connectivity index (χ1n) is 6.28. The number of nitrogens with zero attached hydrogens (tertiary/aromatic N) is 1. The highest BCUT2D eigenvalue weighted by atomic mass is 16.5. The molecule has 3 nitrogen and oxygen atoms in total. The Morgan fingerprint density at radius 1 is 1.40 bits per heavy atom. The van der Waals surface area contributed by atoms with E-state index < -0.39 is 0 Å². The van der Waals surface area contributed by atoms with Crippen molar-refractivity contribution >= 4 is 0 Å². The first-order chi connectivity index (χ1) is 7.25. The first kappa shape index (κ1) is 12.9. The van der Waals surface area contributed by atoms with Crippen LogP contribution in [0, 0.1) is 5.92 Å². The topological polar surface area (TPSA) is 24.5 Å². The van der Waals surface area contributed by atoms with E-state index in [-0.39, 0.29) is 0 Å². The van der Waals surface area contributed by atoms with Gasteiger partial charge in [0.2, 0.25) is 0 Å². The van der Waals surface area contributed by atoms with Crippen LogP contribution in [0.1, 0.15) is 27.2 Å². The average Bonchev–Trinajstić information content (AvgIpc) is 2.25. The van der Waals surface area contributed by atoms with Crippen molar-refractivity contribution < 1.29 is 4.74 Å². The van der Waals surface area contributed by atoms with E-state index in [1.807, 2.05) is 0 Å². The van der Waals surface area contributed by atoms with Gasteiger partial charge in [-0.2, -0.15) is 0 Å². The second kappa shape index (κ2) is 7.20.